The molecule has 0 radical (unpaired) electrons. The fourth-order valence-electron chi connectivity index (χ4n) is 1.54. The molecule has 0 saturated heterocycles. The van der Waals surface area contributed by atoms with Crippen molar-refractivity contribution in [3.63, 3.8) is 0 Å². The lowest BCUT2D eigenvalue weighted by molar-refractivity contribution is 0.520. The lowest BCUT2D eigenvalue weighted by Crippen LogP contribution is -2.20. The van der Waals surface area contributed by atoms with E-state index in [0.29, 0.717) is 12.0 Å². The van der Waals surface area contributed by atoms with E-state index >= 15 is 0 Å². The van der Waals surface area contributed by atoms with Gasteiger partial charge in [-0.15, -0.1) is 0 Å². The molecular weight excluding hydrogens is 229 g/mol. The van der Waals surface area contributed by atoms with Gasteiger partial charge in [0.2, 0.25) is 0 Å². The van der Waals surface area contributed by atoms with Gasteiger partial charge in [0.15, 0.2) is 0 Å². The molecule has 0 aromatic heterocycles. The van der Waals surface area contributed by atoms with Gasteiger partial charge in [-0.05, 0) is 19.5 Å². The molecule has 0 bridgehead atoms. The van der Waals surface area contributed by atoms with Crippen molar-refractivity contribution in [2.24, 2.45) is 0 Å². The van der Waals surface area contributed by atoms with E-state index in [9.17, 15) is 12.8 Å². The van der Waals surface area contributed by atoms with Gasteiger partial charge in [0, 0.05) is 17.9 Å². The molecule has 0 aliphatic carbocycles. The van der Waals surface area contributed by atoms with Crippen LogP contribution in [-0.4, -0.2) is 27.5 Å². The number of hydrogen-bond donors (Lipinski definition) is 1. The normalized spacial score (nSPS) is 13.7. The fraction of sp³-hybridized carbons (Fsp3) is 0.455. The quantitative estimate of drug-likeness (QED) is 0.855. The second kappa shape index (κ2) is 5.41. The smallest absolute Gasteiger partial charge is 0.147 e. The number of halogens is 1. The summed E-state index contributed by atoms with van der Waals surface area (Å²) in [6.07, 6.45) is 1.55. The van der Waals surface area contributed by atoms with Crippen LogP contribution in [0, 0.1) is 5.82 Å². The monoisotopic (exact) mass is 245 g/mol. The maximum Gasteiger partial charge on any atom is 0.147 e. The van der Waals surface area contributed by atoms with Crippen molar-refractivity contribution in [2.45, 2.75) is 12.5 Å². The number of rotatable bonds is 5. The van der Waals surface area contributed by atoms with Crippen LogP contribution in [0.5, 0.6) is 0 Å². The molecule has 1 N–H and O–H groups in total. The van der Waals surface area contributed by atoms with Gasteiger partial charge in [-0.25, -0.2) is 12.8 Å². The summed E-state index contributed by atoms with van der Waals surface area (Å²) in [7, 11) is -1.32. The fourth-order valence-corrected chi connectivity index (χ4v) is 2.21. The van der Waals surface area contributed by atoms with Crippen molar-refractivity contribution in [1.29, 1.82) is 0 Å². The third-order valence-electron chi connectivity index (χ3n) is 2.41. The van der Waals surface area contributed by atoms with E-state index in [1.165, 1.54) is 12.3 Å². The number of nitrogens with one attached hydrogen (secondary N) is 1. The number of hydrogen-bond acceptors (Lipinski definition) is 3. The highest BCUT2D eigenvalue weighted by molar-refractivity contribution is 7.90. The Morgan fingerprint density at radius 1 is 1.38 bits per heavy atom. The molecule has 1 aromatic carbocycles. The minimum absolute atomic E-state index is 0.0485. The molecule has 1 atom stereocenters. The zero-order chi connectivity index (χ0) is 12.2. The Bertz CT molecular complexity index is 445. The summed E-state index contributed by atoms with van der Waals surface area (Å²) in [4.78, 5) is 0. The summed E-state index contributed by atoms with van der Waals surface area (Å²) >= 11 is 0. The molecular formula is C11H16FNO2S. The van der Waals surface area contributed by atoms with Crippen LogP contribution in [0.25, 0.3) is 0 Å². The molecule has 5 heteroatoms. The second-order valence-electron chi connectivity index (χ2n) is 3.78. The standard InChI is InChI=1S/C11H16FNO2S/c1-13-11(7-8-16(2,14)15)9-5-3-4-6-10(9)12/h3-6,11,13H,7-8H2,1-2H3. The van der Waals surface area contributed by atoms with Crippen LogP contribution in [0.3, 0.4) is 0 Å². The largest absolute Gasteiger partial charge is 0.313 e. The van der Waals surface area contributed by atoms with Crippen LogP contribution in [0.2, 0.25) is 0 Å². The van der Waals surface area contributed by atoms with E-state index in [2.05, 4.69) is 5.32 Å². The Morgan fingerprint density at radius 3 is 2.50 bits per heavy atom. The highest BCUT2D eigenvalue weighted by atomic mass is 32.2. The SMILES string of the molecule is CNC(CCS(C)(=O)=O)c1ccccc1F. The number of benzene rings is 1. The van der Waals surface area contributed by atoms with Crippen LogP contribution in [0.1, 0.15) is 18.0 Å². The average molecular weight is 245 g/mol. The highest BCUT2D eigenvalue weighted by Gasteiger charge is 2.15. The Kier molecular flexibility index (Phi) is 4.44. The van der Waals surface area contributed by atoms with E-state index in [-0.39, 0.29) is 17.6 Å². The maximum atomic E-state index is 13.5. The van der Waals surface area contributed by atoms with E-state index < -0.39 is 9.84 Å². The molecule has 0 aliphatic heterocycles. The molecule has 0 saturated carbocycles. The molecule has 16 heavy (non-hydrogen) atoms. The van der Waals surface area contributed by atoms with Gasteiger partial charge in [-0.3, -0.25) is 0 Å². The molecule has 3 nitrogen and oxygen atoms in total. The van der Waals surface area contributed by atoms with Gasteiger partial charge in [0.25, 0.3) is 0 Å². The van der Waals surface area contributed by atoms with Gasteiger partial charge in [-0.1, -0.05) is 18.2 Å². The van der Waals surface area contributed by atoms with Crippen LogP contribution >= 0.6 is 0 Å². The van der Waals surface area contributed by atoms with Gasteiger partial charge >= 0.3 is 0 Å². The molecule has 0 fully saturated rings. The number of sulfone groups is 1. The average Bonchev–Trinajstić information content (AvgIpc) is 2.20. The Labute approximate surface area is 95.6 Å². The highest BCUT2D eigenvalue weighted by Crippen LogP contribution is 2.19. The topological polar surface area (TPSA) is 46.2 Å². The van der Waals surface area contributed by atoms with Crippen molar-refractivity contribution in [2.75, 3.05) is 19.1 Å². The van der Waals surface area contributed by atoms with Gasteiger partial charge in [-0.2, -0.15) is 0 Å². The van der Waals surface area contributed by atoms with Crippen LogP contribution < -0.4 is 5.32 Å². The van der Waals surface area contributed by atoms with Crippen molar-refractivity contribution in [3.05, 3.63) is 35.6 Å². The maximum absolute atomic E-state index is 13.5. The second-order valence-corrected chi connectivity index (χ2v) is 6.04. The molecule has 0 amide bonds. The van der Waals surface area contributed by atoms with Crippen LogP contribution in [0.15, 0.2) is 24.3 Å². The van der Waals surface area contributed by atoms with Gasteiger partial charge in [0.1, 0.15) is 15.7 Å². The molecule has 0 spiro atoms. The first-order valence-electron chi connectivity index (χ1n) is 5.03. The molecule has 90 valence electrons. The van der Waals surface area contributed by atoms with E-state index in [0.717, 1.165) is 0 Å². The molecule has 1 aromatic rings. The van der Waals surface area contributed by atoms with Crippen LogP contribution in [0.4, 0.5) is 4.39 Å². The Hall–Kier alpha value is -0.940. The minimum atomic E-state index is -3.01. The third kappa shape index (κ3) is 3.90. The Balaban J connectivity index is 2.79. The van der Waals surface area contributed by atoms with Gasteiger partial charge in [0.05, 0.1) is 5.75 Å². The lowest BCUT2D eigenvalue weighted by atomic mass is 10.0. The van der Waals surface area contributed by atoms with Crippen molar-refractivity contribution in [1.82, 2.24) is 5.32 Å². The van der Waals surface area contributed by atoms with E-state index in [4.69, 9.17) is 0 Å². The molecule has 0 aliphatic rings. The predicted molar refractivity (Wildman–Crippen MR) is 62.5 cm³/mol. The summed E-state index contributed by atoms with van der Waals surface area (Å²) in [5.41, 5.74) is 0.508. The van der Waals surface area contributed by atoms with Crippen molar-refractivity contribution in [3.8, 4) is 0 Å². The predicted octanol–water partition coefficient (Wildman–Crippen LogP) is 1.52. The summed E-state index contributed by atoms with van der Waals surface area (Å²) in [6.45, 7) is 0. The summed E-state index contributed by atoms with van der Waals surface area (Å²) in [6, 6.07) is 6.13. The molecule has 1 rings (SSSR count). The van der Waals surface area contributed by atoms with E-state index in [1.807, 2.05) is 0 Å². The van der Waals surface area contributed by atoms with Crippen LogP contribution in [-0.2, 0) is 9.84 Å². The van der Waals surface area contributed by atoms with E-state index in [1.54, 1.807) is 25.2 Å². The first kappa shape index (κ1) is 13.1. The zero-order valence-corrected chi connectivity index (χ0v) is 10.2. The zero-order valence-electron chi connectivity index (χ0n) is 9.40. The summed E-state index contributed by atoms with van der Waals surface area (Å²) in [5, 5.41) is 2.93. The van der Waals surface area contributed by atoms with Crippen molar-refractivity contribution >= 4 is 9.84 Å². The Morgan fingerprint density at radius 2 is 2.00 bits per heavy atom. The first-order chi connectivity index (χ1) is 7.44. The molecule has 0 heterocycles. The first-order valence-corrected chi connectivity index (χ1v) is 7.09. The summed E-state index contributed by atoms with van der Waals surface area (Å²) < 4.78 is 35.5. The molecule has 1 unspecified atom stereocenters. The van der Waals surface area contributed by atoms with Gasteiger partial charge < -0.3 is 5.32 Å². The summed E-state index contributed by atoms with van der Waals surface area (Å²) in [5.74, 6) is -0.261. The lowest BCUT2D eigenvalue weighted by Gasteiger charge is -2.16. The third-order valence-corrected chi connectivity index (χ3v) is 3.38. The van der Waals surface area contributed by atoms with Crippen molar-refractivity contribution < 1.29 is 12.8 Å². The minimum Gasteiger partial charge on any atom is -0.313 e.